The van der Waals surface area contributed by atoms with E-state index in [1.807, 2.05) is 43.6 Å². The Morgan fingerprint density at radius 1 is 0.426 bits per heavy atom. The van der Waals surface area contributed by atoms with Crippen LogP contribution in [-0.2, 0) is 20.1 Å². The summed E-state index contributed by atoms with van der Waals surface area (Å²) in [6.07, 6.45) is 3.87. The SMILES string of the molecule is Cc1c[c-]c(-c2ccc(C)cn2)cc1.Cc1cnc2cc1c1cccc(c1)c1cccc(c1)c1cccc(c1)c1cccc3c1ccc1c2[c-]ccc13.[Ir]. The molecule has 0 atom stereocenters. The molecule has 0 N–H and O–H groups in total. The molecule has 2 aromatic heterocycles. The standard InChI is InChI=1S/C38H24N.C13H12N.Ir/c1-24-23-39-38-22-37(24)30-12-4-10-28(21-30)26-8-2-7-25(19-26)27-9-3-11-29(20-27)31-13-5-14-32-33-15-6-16-36(38)35(33)18-17-34(31)32;1-10-3-6-12(7-4-10)13-8-5-11(2)9-14-13;/h2-15,17-23H,1H3;3-6,8-9H,1-2H3;/q2*-1;. The second-order valence-electron chi connectivity index (χ2n) is 13.9. The van der Waals surface area contributed by atoms with E-state index in [0.29, 0.717) is 0 Å². The molecular formula is C51H36IrN2-2. The van der Waals surface area contributed by atoms with Gasteiger partial charge in [-0.25, -0.2) is 0 Å². The topological polar surface area (TPSA) is 25.8 Å². The van der Waals surface area contributed by atoms with Gasteiger partial charge in [-0.1, -0.05) is 121 Å². The average molecular weight is 869 g/mol. The summed E-state index contributed by atoms with van der Waals surface area (Å²) in [7, 11) is 0. The van der Waals surface area contributed by atoms with E-state index in [1.54, 1.807) is 0 Å². The molecule has 261 valence electrons. The molecule has 9 aromatic carbocycles. The molecule has 14 bridgehead atoms. The van der Waals surface area contributed by atoms with Crippen LogP contribution in [0.5, 0.6) is 0 Å². The van der Waals surface area contributed by atoms with Gasteiger partial charge in [-0.2, -0.15) is 0 Å². The quantitative estimate of drug-likeness (QED) is 0.121. The monoisotopic (exact) mass is 869 g/mol. The zero-order valence-corrected chi connectivity index (χ0v) is 32.7. The number of benzene rings is 7. The minimum absolute atomic E-state index is 0. The van der Waals surface area contributed by atoms with E-state index in [4.69, 9.17) is 4.98 Å². The van der Waals surface area contributed by atoms with Crippen LogP contribution in [0.25, 0.3) is 86.8 Å². The third-order valence-corrected chi connectivity index (χ3v) is 10.2. The number of hydrogen-bond donors (Lipinski definition) is 0. The molecule has 0 spiro atoms. The maximum Gasteiger partial charge on any atom is 0.0196 e. The zero-order chi connectivity index (χ0) is 35.9. The molecule has 0 aliphatic heterocycles. The summed E-state index contributed by atoms with van der Waals surface area (Å²) in [5, 5.41) is 15.6. The van der Waals surface area contributed by atoms with Crippen LogP contribution in [-0.4, -0.2) is 9.97 Å². The van der Waals surface area contributed by atoms with Crippen LogP contribution in [0.3, 0.4) is 0 Å². The summed E-state index contributed by atoms with van der Waals surface area (Å²) < 4.78 is 0. The van der Waals surface area contributed by atoms with Crippen molar-refractivity contribution in [2.75, 3.05) is 0 Å². The number of aryl methyl sites for hydroxylation is 3. The molecule has 1 radical (unpaired) electrons. The van der Waals surface area contributed by atoms with Gasteiger partial charge >= 0.3 is 0 Å². The first kappa shape index (κ1) is 35.1. The molecule has 11 rings (SSSR count). The molecule has 11 aromatic rings. The molecule has 0 saturated heterocycles. The Balaban J connectivity index is 0.000000233. The van der Waals surface area contributed by atoms with Gasteiger partial charge in [-0.3, -0.25) is 0 Å². The van der Waals surface area contributed by atoms with E-state index in [1.165, 1.54) is 75.8 Å². The van der Waals surface area contributed by atoms with E-state index < -0.39 is 0 Å². The largest absolute Gasteiger partial charge is 0.304 e. The fourth-order valence-electron chi connectivity index (χ4n) is 7.40. The van der Waals surface area contributed by atoms with E-state index in [2.05, 4.69) is 158 Å². The van der Waals surface area contributed by atoms with Crippen molar-refractivity contribution >= 4 is 75.5 Å². The Labute approximate surface area is 328 Å². The third-order valence-electron chi connectivity index (χ3n) is 10.2. The number of aromatic nitrogens is 2. The maximum atomic E-state index is 4.89. The van der Waals surface area contributed by atoms with Crippen LogP contribution in [0.2, 0.25) is 0 Å². The molecule has 54 heavy (non-hydrogen) atoms. The molecule has 0 aliphatic carbocycles. The third kappa shape index (κ3) is 6.69. The Hall–Kier alpha value is -5.99. The summed E-state index contributed by atoms with van der Waals surface area (Å²) in [4.78, 5) is 9.23. The van der Waals surface area contributed by atoms with Gasteiger partial charge in [0.15, 0.2) is 0 Å². The van der Waals surface area contributed by atoms with E-state index >= 15 is 0 Å². The Morgan fingerprint density at radius 2 is 1.00 bits per heavy atom. The van der Waals surface area contributed by atoms with Gasteiger partial charge in [-0.15, -0.1) is 59.0 Å². The number of rotatable bonds is 1. The number of fused-ring (bicyclic) bond motifs is 1. The van der Waals surface area contributed by atoms with Crippen molar-refractivity contribution in [3.8, 4) is 11.3 Å². The molecule has 0 aliphatic rings. The molecular weight excluding hydrogens is 833 g/mol. The number of nitrogens with zero attached hydrogens (tertiary/aromatic N) is 2. The molecule has 0 fully saturated rings. The first-order valence-corrected chi connectivity index (χ1v) is 18.0. The van der Waals surface area contributed by atoms with Crippen LogP contribution in [0.15, 0.2) is 164 Å². The predicted octanol–water partition coefficient (Wildman–Crippen LogP) is 13.6. The number of pyridine rings is 2. The van der Waals surface area contributed by atoms with Crippen molar-refractivity contribution in [3.63, 3.8) is 0 Å². The average Bonchev–Trinajstić information content (AvgIpc) is 3.21. The molecule has 3 heteroatoms. The minimum atomic E-state index is 0. The van der Waals surface area contributed by atoms with Crippen molar-refractivity contribution in [1.82, 2.24) is 9.97 Å². The van der Waals surface area contributed by atoms with Crippen molar-refractivity contribution in [2.45, 2.75) is 20.8 Å². The summed E-state index contributed by atoms with van der Waals surface area (Å²) >= 11 is 0. The van der Waals surface area contributed by atoms with Gasteiger partial charge in [0.1, 0.15) is 0 Å². The van der Waals surface area contributed by atoms with Crippen molar-refractivity contribution in [1.29, 1.82) is 0 Å². The van der Waals surface area contributed by atoms with Crippen LogP contribution >= 0.6 is 0 Å². The van der Waals surface area contributed by atoms with Gasteiger partial charge in [0.25, 0.3) is 0 Å². The van der Waals surface area contributed by atoms with Gasteiger partial charge in [-0.05, 0) is 108 Å². The molecule has 2 heterocycles. The van der Waals surface area contributed by atoms with Gasteiger partial charge < -0.3 is 9.97 Å². The summed E-state index contributed by atoms with van der Waals surface area (Å²) in [6.45, 7) is 6.23. The van der Waals surface area contributed by atoms with Gasteiger partial charge in [0, 0.05) is 32.5 Å². The van der Waals surface area contributed by atoms with Crippen molar-refractivity contribution < 1.29 is 20.1 Å². The van der Waals surface area contributed by atoms with Gasteiger partial charge in [0.05, 0.1) is 0 Å². The molecule has 2 nitrogen and oxygen atoms in total. The fourth-order valence-corrected chi connectivity index (χ4v) is 7.40. The minimum Gasteiger partial charge on any atom is -0.304 e. The van der Waals surface area contributed by atoms with Crippen molar-refractivity contribution in [2.24, 2.45) is 0 Å². The molecule has 0 unspecified atom stereocenters. The summed E-state index contributed by atoms with van der Waals surface area (Å²) in [5.41, 5.74) is 6.54. The first-order valence-electron chi connectivity index (χ1n) is 18.0. The Morgan fingerprint density at radius 3 is 1.67 bits per heavy atom. The van der Waals surface area contributed by atoms with E-state index in [0.717, 1.165) is 27.7 Å². The predicted molar refractivity (Wildman–Crippen MR) is 226 cm³/mol. The van der Waals surface area contributed by atoms with Crippen molar-refractivity contribution in [3.05, 3.63) is 193 Å². The normalized spacial score (nSPS) is 11.1. The summed E-state index contributed by atoms with van der Waals surface area (Å²) in [5.74, 6) is 0. The second-order valence-corrected chi connectivity index (χ2v) is 13.9. The Kier molecular flexibility index (Phi) is 9.61. The first-order chi connectivity index (χ1) is 26.0. The smallest absolute Gasteiger partial charge is 0.0196 e. The van der Waals surface area contributed by atoms with Crippen LogP contribution in [0.1, 0.15) is 16.7 Å². The second kappa shape index (κ2) is 14.8. The summed E-state index contributed by atoms with van der Waals surface area (Å²) in [6, 6.07) is 61.2. The number of hydrogen-bond acceptors (Lipinski definition) is 2. The van der Waals surface area contributed by atoms with Crippen LogP contribution in [0.4, 0.5) is 0 Å². The van der Waals surface area contributed by atoms with E-state index in [-0.39, 0.29) is 20.1 Å². The van der Waals surface area contributed by atoms with Gasteiger partial charge in [0.2, 0.25) is 0 Å². The van der Waals surface area contributed by atoms with Crippen LogP contribution < -0.4 is 0 Å². The Bertz CT molecular complexity index is 3030. The molecule has 0 amide bonds. The van der Waals surface area contributed by atoms with Crippen LogP contribution in [0, 0.1) is 32.9 Å². The fraction of sp³-hybridized carbons (Fsp3) is 0.0588. The zero-order valence-electron chi connectivity index (χ0n) is 30.3. The molecule has 0 saturated carbocycles. The maximum absolute atomic E-state index is 4.89. The van der Waals surface area contributed by atoms with E-state index in [9.17, 15) is 0 Å².